The molecule has 1 aromatic heterocycles. The number of benzene rings is 1. The van der Waals surface area contributed by atoms with Gasteiger partial charge >= 0.3 is 0 Å². The van der Waals surface area contributed by atoms with Crippen molar-refractivity contribution in [2.45, 2.75) is 30.3 Å². The molecule has 9 heteroatoms. The van der Waals surface area contributed by atoms with Gasteiger partial charge in [0.1, 0.15) is 10.6 Å². The van der Waals surface area contributed by atoms with Gasteiger partial charge in [0, 0.05) is 38.4 Å². The average Bonchev–Trinajstić information content (AvgIpc) is 3.27. The van der Waals surface area contributed by atoms with Crippen LogP contribution in [0.4, 0.5) is 0 Å². The summed E-state index contributed by atoms with van der Waals surface area (Å²) in [5.41, 5.74) is 1.52. The molecule has 30 heavy (non-hydrogen) atoms. The van der Waals surface area contributed by atoms with E-state index in [-0.39, 0.29) is 22.5 Å². The Labute approximate surface area is 177 Å². The van der Waals surface area contributed by atoms with Crippen LogP contribution in [-0.2, 0) is 21.3 Å². The Hall–Kier alpha value is -2.20. The van der Waals surface area contributed by atoms with Gasteiger partial charge in [-0.25, -0.2) is 8.42 Å². The molecule has 0 radical (unpaired) electrons. The van der Waals surface area contributed by atoms with E-state index in [4.69, 9.17) is 4.74 Å². The van der Waals surface area contributed by atoms with Gasteiger partial charge in [0.2, 0.25) is 10.0 Å². The van der Waals surface area contributed by atoms with E-state index in [0.29, 0.717) is 26.3 Å². The van der Waals surface area contributed by atoms with Crippen molar-refractivity contribution in [1.29, 1.82) is 0 Å². The van der Waals surface area contributed by atoms with Gasteiger partial charge in [0.05, 0.1) is 13.2 Å². The minimum Gasteiger partial charge on any atom is -0.379 e. The lowest BCUT2D eigenvalue weighted by molar-refractivity contribution is 0.0730. The second-order valence-electron chi connectivity index (χ2n) is 7.80. The Morgan fingerprint density at radius 2 is 1.93 bits per heavy atom. The number of sulfonamides is 1. The van der Waals surface area contributed by atoms with Crippen LogP contribution >= 0.6 is 0 Å². The SMILES string of the molecule is O=C(NC1CCCN(Cc2ccccc2)C1)c1cc(S(=O)(=O)N2CCOCC2)c[nH]1. The maximum atomic E-state index is 12.7. The van der Waals surface area contributed by atoms with Crippen molar-refractivity contribution in [2.24, 2.45) is 0 Å². The van der Waals surface area contributed by atoms with Crippen LogP contribution in [0.2, 0.25) is 0 Å². The number of H-pyrrole nitrogens is 1. The van der Waals surface area contributed by atoms with Gasteiger partial charge in [-0.15, -0.1) is 0 Å². The Morgan fingerprint density at radius 3 is 2.70 bits per heavy atom. The highest BCUT2D eigenvalue weighted by Gasteiger charge is 2.28. The first-order valence-corrected chi connectivity index (χ1v) is 11.8. The highest BCUT2D eigenvalue weighted by Crippen LogP contribution is 2.19. The van der Waals surface area contributed by atoms with Gasteiger partial charge in [-0.3, -0.25) is 9.69 Å². The van der Waals surface area contributed by atoms with Crippen molar-refractivity contribution in [3.8, 4) is 0 Å². The zero-order valence-corrected chi connectivity index (χ0v) is 17.7. The summed E-state index contributed by atoms with van der Waals surface area (Å²) in [6.45, 7) is 4.07. The number of nitrogens with one attached hydrogen (secondary N) is 2. The Kier molecular flexibility index (Phi) is 6.52. The van der Waals surface area contributed by atoms with Crippen molar-refractivity contribution in [3.63, 3.8) is 0 Å². The van der Waals surface area contributed by atoms with Crippen molar-refractivity contribution < 1.29 is 17.9 Å². The van der Waals surface area contributed by atoms with Crippen LogP contribution in [0.3, 0.4) is 0 Å². The molecule has 2 aromatic rings. The first-order chi connectivity index (χ1) is 14.5. The summed E-state index contributed by atoms with van der Waals surface area (Å²) >= 11 is 0. The fourth-order valence-corrected chi connectivity index (χ4v) is 5.41. The van der Waals surface area contributed by atoms with Crippen LogP contribution in [0.15, 0.2) is 47.5 Å². The summed E-state index contributed by atoms with van der Waals surface area (Å²) in [5, 5.41) is 3.05. The largest absolute Gasteiger partial charge is 0.379 e. The highest BCUT2D eigenvalue weighted by atomic mass is 32.2. The molecule has 1 unspecified atom stereocenters. The second-order valence-corrected chi connectivity index (χ2v) is 9.74. The number of carbonyl (C=O) groups excluding carboxylic acids is 1. The van der Waals surface area contributed by atoms with Crippen molar-refractivity contribution >= 4 is 15.9 Å². The number of morpholine rings is 1. The minimum absolute atomic E-state index is 0.0394. The molecule has 8 nitrogen and oxygen atoms in total. The van der Waals surface area contributed by atoms with E-state index in [1.54, 1.807) is 0 Å². The van der Waals surface area contributed by atoms with E-state index in [0.717, 1.165) is 32.5 Å². The molecule has 2 aliphatic rings. The number of piperidine rings is 1. The number of carbonyl (C=O) groups is 1. The van der Waals surface area contributed by atoms with Crippen molar-refractivity contribution in [3.05, 3.63) is 53.9 Å². The van der Waals surface area contributed by atoms with Crippen LogP contribution in [0.25, 0.3) is 0 Å². The summed E-state index contributed by atoms with van der Waals surface area (Å²) < 4.78 is 32.1. The van der Waals surface area contributed by atoms with Gasteiger partial charge < -0.3 is 15.0 Å². The molecule has 1 aromatic carbocycles. The number of hydrogen-bond acceptors (Lipinski definition) is 5. The summed E-state index contributed by atoms with van der Waals surface area (Å²) in [4.78, 5) is 18.0. The van der Waals surface area contributed by atoms with Gasteiger partial charge in [-0.1, -0.05) is 30.3 Å². The zero-order chi connectivity index (χ0) is 21.0. The number of aromatic amines is 1. The lowest BCUT2D eigenvalue weighted by Crippen LogP contribution is -2.47. The second kappa shape index (κ2) is 9.30. The average molecular weight is 433 g/mol. The molecule has 0 saturated carbocycles. The van der Waals surface area contributed by atoms with E-state index in [1.807, 2.05) is 18.2 Å². The quantitative estimate of drug-likeness (QED) is 0.720. The Balaban J connectivity index is 1.36. The molecule has 0 spiro atoms. The third-order valence-electron chi connectivity index (χ3n) is 5.60. The number of hydrogen-bond donors (Lipinski definition) is 2. The summed E-state index contributed by atoms with van der Waals surface area (Å²) in [6.07, 6.45) is 3.32. The first-order valence-electron chi connectivity index (χ1n) is 10.4. The molecule has 2 N–H and O–H groups in total. The van der Waals surface area contributed by atoms with Crippen LogP contribution in [0.5, 0.6) is 0 Å². The molecule has 2 saturated heterocycles. The van der Waals surface area contributed by atoms with Gasteiger partial charge in [-0.05, 0) is 31.0 Å². The van der Waals surface area contributed by atoms with Gasteiger partial charge in [0.25, 0.3) is 5.91 Å². The number of ether oxygens (including phenoxy) is 1. The van der Waals surface area contributed by atoms with E-state index in [2.05, 4.69) is 27.3 Å². The molecule has 0 aliphatic carbocycles. The van der Waals surface area contributed by atoms with Gasteiger partial charge in [-0.2, -0.15) is 4.31 Å². The predicted octanol–water partition coefficient (Wildman–Crippen LogP) is 1.43. The third-order valence-corrected chi connectivity index (χ3v) is 7.48. The maximum Gasteiger partial charge on any atom is 0.267 e. The number of likely N-dealkylation sites (tertiary alicyclic amines) is 1. The van der Waals surface area contributed by atoms with Crippen LogP contribution in [0, 0.1) is 0 Å². The van der Waals surface area contributed by atoms with Crippen LogP contribution in [0.1, 0.15) is 28.9 Å². The maximum absolute atomic E-state index is 12.7. The van der Waals surface area contributed by atoms with E-state index < -0.39 is 10.0 Å². The lowest BCUT2D eigenvalue weighted by atomic mass is 10.0. The van der Waals surface area contributed by atoms with E-state index >= 15 is 0 Å². The summed E-state index contributed by atoms with van der Waals surface area (Å²) in [7, 11) is -3.62. The van der Waals surface area contributed by atoms with Crippen molar-refractivity contribution in [1.82, 2.24) is 19.5 Å². The Bertz CT molecular complexity index is 954. The molecule has 1 amide bonds. The first kappa shape index (κ1) is 21.0. The lowest BCUT2D eigenvalue weighted by Gasteiger charge is -2.33. The highest BCUT2D eigenvalue weighted by molar-refractivity contribution is 7.89. The normalized spacial score (nSPS) is 21.4. The number of amides is 1. The molecular weight excluding hydrogens is 404 g/mol. The molecule has 3 heterocycles. The third kappa shape index (κ3) is 4.92. The molecule has 4 rings (SSSR count). The fraction of sp³-hybridized carbons (Fsp3) is 0.476. The summed E-state index contributed by atoms with van der Waals surface area (Å²) in [5.74, 6) is -0.273. The molecular formula is C21H28N4O4S. The topological polar surface area (TPSA) is 94.7 Å². The summed E-state index contributed by atoms with van der Waals surface area (Å²) in [6, 6.07) is 11.8. The molecule has 0 bridgehead atoms. The fourth-order valence-electron chi connectivity index (χ4n) is 4.01. The van der Waals surface area contributed by atoms with Crippen LogP contribution < -0.4 is 5.32 Å². The van der Waals surface area contributed by atoms with Crippen molar-refractivity contribution in [2.75, 3.05) is 39.4 Å². The predicted molar refractivity (Wildman–Crippen MR) is 113 cm³/mol. The smallest absolute Gasteiger partial charge is 0.267 e. The number of rotatable bonds is 6. The molecule has 162 valence electrons. The minimum atomic E-state index is -3.62. The number of aromatic nitrogens is 1. The Morgan fingerprint density at radius 1 is 1.17 bits per heavy atom. The molecule has 2 fully saturated rings. The van der Waals surface area contributed by atoms with E-state index in [9.17, 15) is 13.2 Å². The van der Waals surface area contributed by atoms with E-state index in [1.165, 1.54) is 22.1 Å². The molecule has 2 aliphatic heterocycles. The van der Waals surface area contributed by atoms with Gasteiger partial charge in [0.15, 0.2) is 0 Å². The monoisotopic (exact) mass is 432 g/mol. The molecule has 1 atom stereocenters. The standard InChI is InChI=1S/C21H28N4O4S/c26-21(20-13-19(14-22-20)30(27,28)25-9-11-29-12-10-25)23-18-7-4-8-24(16-18)15-17-5-2-1-3-6-17/h1-3,5-6,13-14,18,22H,4,7-12,15-16H2,(H,23,26). The zero-order valence-electron chi connectivity index (χ0n) is 16.9. The number of nitrogens with zero attached hydrogens (tertiary/aromatic N) is 2. The van der Waals surface area contributed by atoms with Crippen LogP contribution in [-0.4, -0.2) is 73.9 Å².